The molecule has 0 saturated carbocycles. The molecule has 0 atom stereocenters. The summed E-state index contributed by atoms with van der Waals surface area (Å²) in [5.74, 6) is -0.558. The number of esters is 2. The molecule has 0 radical (unpaired) electrons. The molecule has 0 fully saturated rings. The highest BCUT2D eigenvalue weighted by atomic mass is 32.2. The van der Waals surface area contributed by atoms with Gasteiger partial charge in [0.2, 0.25) is 0 Å². The lowest BCUT2D eigenvalue weighted by molar-refractivity contribution is -0.134. The van der Waals surface area contributed by atoms with Crippen LogP contribution in [0.25, 0.3) is 0 Å². The van der Waals surface area contributed by atoms with Gasteiger partial charge in [0.25, 0.3) is 0 Å². The van der Waals surface area contributed by atoms with E-state index in [1.807, 2.05) is 19.2 Å². The van der Waals surface area contributed by atoms with Gasteiger partial charge in [-0.25, -0.2) is 4.79 Å². The third kappa shape index (κ3) is 4.59. The Bertz CT molecular complexity index is 457. The van der Waals surface area contributed by atoms with Gasteiger partial charge in [0.05, 0.1) is 6.61 Å². The quantitative estimate of drug-likeness (QED) is 0.455. The maximum Gasteiger partial charge on any atom is 0.341 e. The van der Waals surface area contributed by atoms with Crippen LogP contribution < -0.4 is 4.74 Å². The standard InChI is InChI=1S/C14H18O4S/c1-4-6-13(15)18-12-8-7-10(19-3)9-11(12)14(16)17-5-2/h7-9H,4-6H2,1-3H3. The molecule has 4 nitrogen and oxygen atoms in total. The lowest BCUT2D eigenvalue weighted by Crippen LogP contribution is -2.12. The number of thioether (sulfide) groups is 1. The Morgan fingerprint density at radius 3 is 2.58 bits per heavy atom. The van der Waals surface area contributed by atoms with E-state index in [4.69, 9.17) is 9.47 Å². The number of ether oxygens (including phenoxy) is 2. The Morgan fingerprint density at radius 1 is 1.26 bits per heavy atom. The number of hydrogen-bond acceptors (Lipinski definition) is 5. The van der Waals surface area contributed by atoms with Crippen LogP contribution in [0.2, 0.25) is 0 Å². The van der Waals surface area contributed by atoms with Crippen molar-refractivity contribution in [3.63, 3.8) is 0 Å². The predicted octanol–water partition coefficient (Wildman–Crippen LogP) is 3.29. The van der Waals surface area contributed by atoms with Crippen molar-refractivity contribution in [2.45, 2.75) is 31.6 Å². The van der Waals surface area contributed by atoms with Crippen molar-refractivity contribution < 1.29 is 19.1 Å². The van der Waals surface area contributed by atoms with Gasteiger partial charge in [0, 0.05) is 11.3 Å². The van der Waals surface area contributed by atoms with Gasteiger partial charge in [0.1, 0.15) is 11.3 Å². The normalized spacial score (nSPS) is 10.1. The summed E-state index contributed by atoms with van der Waals surface area (Å²) >= 11 is 1.51. The Morgan fingerprint density at radius 2 is 2.00 bits per heavy atom. The highest BCUT2D eigenvalue weighted by Gasteiger charge is 2.17. The third-order valence-electron chi connectivity index (χ3n) is 2.36. The van der Waals surface area contributed by atoms with Crippen LogP contribution in [0.3, 0.4) is 0 Å². The van der Waals surface area contributed by atoms with E-state index < -0.39 is 5.97 Å². The summed E-state index contributed by atoms with van der Waals surface area (Å²) < 4.78 is 10.2. The van der Waals surface area contributed by atoms with Crippen molar-refractivity contribution in [3.8, 4) is 5.75 Å². The minimum absolute atomic E-state index is 0.259. The zero-order valence-electron chi connectivity index (χ0n) is 11.4. The van der Waals surface area contributed by atoms with E-state index >= 15 is 0 Å². The van der Waals surface area contributed by atoms with Crippen molar-refractivity contribution in [2.75, 3.05) is 12.9 Å². The van der Waals surface area contributed by atoms with Crippen molar-refractivity contribution in [3.05, 3.63) is 23.8 Å². The van der Waals surface area contributed by atoms with E-state index in [-0.39, 0.29) is 23.9 Å². The van der Waals surface area contributed by atoms with E-state index in [2.05, 4.69) is 0 Å². The molecule has 0 N–H and O–H groups in total. The van der Waals surface area contributed by atoms with Gasteiger partial charge < -0.3 is 9.47 Å². The molecule has 0 bridgehead atoms. The Labute approximate surface area is 117 Å². The van der Waals surface area contributed by atoms with E-state index in [1.54, 1.807) is 19.1 Å². The van der Waals surface area contributed by atoms with Gasteiger partial charge in [-0.3, -0.25) is 4.79 Å². The molecule has 0 spiro atoms. The van der Waals surface area contributed by atoms with Crippen LogP contribution in [0.15, 0.2) is 23.1 Å². The number of hydrogen-bond donors (Lipinski definition) is 0. The maximum atomic E-state index is 11.9. The number of benzene rings is 1. The fourth-order valence-electron chi connectivity index (χ4n) is 1.47. The molecule has 19 heavy (non-hydrogen) atoms. The van der Waals surface area contributed by atoms with E-state index in [1.165, 1.54) is 11.8 Å². The van der Waals surface area contributed by atoms with Gasteiger partial charge in [0.15, 0.2) is 0 Å². The molecule has 0 unspecified atom stereocenters. The molecule has 5 heteroatoms. The van der Waals surface area contributed by atoms with Crippen molar-refractivity contribution in [1.82, 2.24) is 0 Å². The van der Waals surface area contributed by atoms with Crippen LogP contribution >= 0.6 is 11.8 Å². The van der Waals surface area contributed by atoms with E-state index in [9.17, 15) is 9.59 Å². The van der Waals surface area contributed by atoms with Crippen LogP contribution in [-0.4, -0.2) is 24.8 Å². The maximum absolute atomic E-state index is 11.9. The fourth-order valence-corrected chi connectivity index (χ4v) is 1.91. The zero-order chi connectivity index (χ0) is 14.3. The van der Waals surface area contributed by atoms with Gasteiger partial charge >= 0.3 is 11.9 Å². The first-order valence-corrected chi connectivity index (χ1v) is 7.40. The minimum Gasteiger partial charge on any atom is -0.462 e. The summed E-state index contributed by atoms with van der Waals surface area (Å²) in [5.41, 5.74) is 0.290. The molecule has 0 aliphatic rings. The van der Waals surface area contributed by atoms with Crippen LogP contribution in [0.4, 0.5) is 0 Å². The number of rotatable bonds is 6. The second-order valence-corrected chi connectivity index (χ2v) is 4.69. The predicted molar refractivity (Wildman–Crippen MR) is 74.7 cm³/mol. The van der Waals surface area contributed by atoms with E-state index in [0.29, 0.717) is 12.8 Å². The number of carbonyl (C=O) groups excluding carboxylic acids is 2. The minimum atomic E-state index is -0.474. The summed E-state index contributed by atoms with van der Waals surface area (Å²) in [6.45, 7) is 3.91. The lowest BCUT2D eigenvalue weighted by Gasteiger charge is -2.10. The van der Waals surface area contributed by atoms with Gasteiger partial charge in [-0.1, -0.05) is 6.92 Å². The summed E-state index contributed by atoms with van der Waals surface area (Å²) in [7, 11) is 0. The summed E-state index contributed by atoms with van der Waals surface area (Å²) in [5, 5.41) is 0. The van der Waals surface area contributed by atoms with Crippen LogP contribution in [0.5, 0.6) is 5.75 Å². The third-order valence-corrected chi connectivity index (χ3v) is 3.09. The van der Waals surface area contributed by atoms with Crippen molar-refractivity contribution in [1.29, 1.82) is 0 Å². The second kappa shape index (κ2) is 7.84. The lowest BCUT2D eigenvalue weighted by atomic mass is 10.2. The summed E-state index contributed by atoms with van der Waals surface area (Å²) in [4.78, 5) is 24.3. The molecule has 0 amide bonds. The summed E-state index contributed by atoms with van der Waals surface area (Å²) in [6, 6.07) is 5.12. The topological polar surface area (TPSA) is 52.6 Å². The number of carbonyl (C=O) groups is 2. The van der Waals surface area contributed by atoms with Crippen molar-refractivity contribution in [2.24, 2.45) is 0 Å². The van der Waals surface area contributed by atoms with Gasteiger partial charge in [-0.05, 0) is 37.8 Å². The molecule has 1 rings (SSSR count). The van der Waals surface area contributed by atoms with Gasteiger partial charge in [-0.15, -0.1) is 11.8 Å². The Balaban J connectivity index is 3.01. The highest BCUT2D eigenvalue weighted by Crippen LogP contribution is 2.26. The molecule has 1 aromatic rings. The zero-order valence-corrected chi connectivity index (χ0v) is 12.2. The largest absolute Gasteiger partial charge is 0.462 e. The smallest absolute Gasteiger partial charge is 0.341 e. The molecule has 1 aromatic carbocycles. The molecule has 0 heterocycles. The monoisotopic (exact) mass is 282 g/mol. The average Bonchev–Trinajstić information content (AvgIpc) is 2.39. The van der Waals surface area contributed by atoms with Crippen LogP contribution in [-0.2, 0) is 9.53 Å². The van der Waals surface area contributed by atoms with E-state index in [0.717, 1.165) is 4.90 Å². The molecular formula is C14H18O4S. The first kappa shape index (κ1) is 15.6. The molecule has 0 aliphatic heterocycles. The summed E-state index contributed by atoms with van der Waals surface area (Å²) in [6.07, 6.45) is 2.94. The molecule has 0 saturated heterocycles. The Kier molecular flexibility index (Phi) is 6.42. The average molecular weight is 282 g/mol. The molecule has 0 aromatic heterocycles. The van der Waals surface area contributed by atoms with Crippen LogP contribution in [0, 0.1) is 0 Å². The van der Waals surface area contributed by atoms with Crippen LogP contribution in [0.1, 0.15) is 37.0 Å². The molecule has 104 valence electrons. The Hall–Kier alpha value is -1.49. The van der Waals surface area contributed by atoms with Crippen molar-refractivity contribution >= 4 is 23.7 Å². The highest BCUT2D eigenvalue weighted by molar-refractivity contribution is 7.98. The van der Waals surface area contributed by atoms with Gasteiger partial charge in [-0.2, -0.15) is 0 Å². The molecule has 0 aliphatic carbocycles. The first-order valence-electron chi connectivity index (χ1n) is 6.18. The second-order valence-electron chi connectivity index (χ2n) is 3.81. The first-order chi connectivity index (χ1) is 9.12. The SMILES string of the molecule is CCCC(=O)Oc1ccc(SC)cc1C(=O)OCC. The molecular weight excluding hydrogens is 264 g/mol. The fraction of sp³-hybridized carbons (Fsp3) is 0.429.